The topological polar surface area (TPSA) is 26.0 Å². The second-order valence-electron chi connectivity index (χ2n) is 2.62. The molecule has 106 valence electrons. The van der Waals surface area contributed by atoms with E-state index in [0.717, 1.165) is 17.0 Å². The van der Waals surface area contributed by atoms with Crippen molar-refractivity contribution in [2.75, 3.05) is 0 Å². The summed E-state index contributed by atoms with van der Waals surface area (Å²) in [5.41, 5.74) is 2.01. The first kappa shape index (κ1) is 21.9. The Labute approximate surface area is 114 Å². The highest BCUT2D eigenvalue weighted by Gasteiger charge is 2.07. The third-order valence-electron chi connectivity index (χ3n) is 1.75. The normalized spacial score (nSPS) is 8.83. The molecule has 0 radical (unpaired) electrons. The molecule has 1 rings (SSSR count). The van der Waals surface area contributed by atoms with E-state index in [1.165, 1.54) is 0 Å². The van der Waals surface area contributed by atoms with Crippen LogP contribution < -0.4 is 0 Å². The van der Waals surface area contributed by atoms with Crippen molar-refractivity contribution in [3.8, 4) is 0 Å². The highest BCUT2D eigenvalue weighted by molar-refractivity contribution is 5.67. The van der Waals surface area contributed by atoms with E-state index in [2.05, 4.69) is 11.6 Å². The van der Waals surface area contributed by atoms with Gasteiger partial charge in [-0.25, -0.2) is 4.98 Å². The molecule has 1 aromatic rings. The number of hydrogen-bond donors (Lipinski definition) is 0. The molecule has 0 aliphatic rings. The number of rotatable bonds is 2. The number of hydrogen-bond acceptors (Lipinski definition) is 2. The monoisotopic (exact) mass is 253 g/mol. The SMILES string of the molecule is C=Cc1oc(C)nc1/C(C)=C\C.CC.CC.CC. The molecule has 0 N–H and O–H groups in total. The van der Waals surface area contributed by atoms with Crippen molar-refractivity contribution in [1.29, 1.82) is 0 Å². The summed E-state index contributed by atoms with van der Waals surface area (Å²) in [6.45, 7) is 21.5. The van der Waals surface area contributed by atoms with Gasteiger partial charge >= 0.3 is 0 Å². The Morgan fingerprint density at radius 1 is 1.11 bits per heavy atom. The van der Waals surface area contributed by atoms with Crippen LogP contribution in [-0.2, 0) is 0 Å². The summed E-state index contributed by atoms with van der Waals surface area (Å²) >= 11 is 0. The van der Waals surface area contributed by atoms with E-state index in [1.54, 1.807) is 6.08 Å². The highest BCUT2D eigenvalue weighted by atomic mass is 16.4. The van der Waals surface area contributed by atoms with Gasteiger partial charge in [-0.3, -0.25) is 0 Å². The van der Waals surface area contributed by atoms with Crippen LogP contribution in [0.3, 0.4) is 0 Å². The average molecular weight is 253 g/mol. The minimum absolute atomic E-state index is 0.682. The molecule has 0 saturated carbocycles. The van der Waals surface area contributed by atoms with Crippen LogP contribution in [-0.4, -0.2) is 4.98 Å². The predicted octanol–water partition coefficient (Wildman–Crippen LogP) is 6.13. The molecule has 0 atom stereocenters. The van der Waals surface area contributed by atoms with Crippen LogP contribution in [0.5, 0.6) is 0 Å². The van der Waals surface area contributed by atoms with Gasteiger partial charge in [0.25, 0.3) is 0 Å². The molecule has 0 amide bonds. The van der Waals surface area contributed by atoms with Crippen molar-refractivity contribution >= 4 is 11.6 Å². The molecule has 1 aromatic heterocycles. The second-order valence-corrected chi connectivity index (χ2v) is 2.62. The predicted molar refractivity (Wildman–Crippen MR) is 84.7 cm³/mol. The Morgan fingerprint density at radius 3 is 1.89 bits per heavy atom. The first-order valence-electron chi connectivity index (χ1n) is 6.92. The molecular weight excluding hydrogens is 222 g/mol. The lowest BCUT2D eigenvalue weighted by Gasteiger charge is -1.93. The Kier molecular flexibility index (Phi) is 19.1. The van der Waals surface area contributed by atoms with E-state index in [1.807, 2.05) is 68.4 Å². The summed E-state index contributed by atoms with van der Waals surface area (Å²) in [7, 11) is 0. The van der Waals surface area contributed by atoms with Gasteiger partial charge in [-0.2, -0.15) is 0 Å². The first-order valence-corrected chi connectivity index (χ1v) is 6.92. The molecule has 0 saturated heterocycles. The molecule has 0 aliphatic heterocycles. The minimum Gasteiger partial charge on any atom is -0.441 e. The molecule has 0 aromatic carbocycles. The lowest BCUT2D eigenvalue weighted by Crippen LogP contribution is -1.82. The fourth-order valence-corrected chi connectivity index (χ4v) is 1.00. The number of nitrogens with zero attached hydrogens (tertiary/aromatic N) is 1. The van der Waals surface area contributed by atoms with Crippen molar-refractivity contribution in [2.24, 2.45) is 0 Å². The van der Waals surface area contributed by atoms with Gasteiger partial charge in [0.2, 0.25) is 0 Å². The lowest BCUT2D eigenvalue weighted by molar-refractivity contribution is 0.513. The third kappa shape index (κ3) is 7.88. The zero-order chi connectivity index (χ0) is 15.1. The van der Waals surface area contributed by atoms with Crippen molar-refractivity contribution in [3.05, 3.63) is 30.0 Å². The van der Waals surface area contributed by atoms with Gasteiger partial charge in [-0.05, 0) is 25.5 Å². The molecule has 0 fully saturated rings. The molecule has 1 heterocycles. The Hall–Kier alpha value is -1.31. The van der Waals surface area contributed by atoms with Crippen molar-refractivity contribution in [3.63, 3.8) is 0 Å². The third-order valence-corrected chi connectivity index (χ3v) is 1.75. The van der Waals surface area contributed by atoms with E-state index < -0.39 is 0 Å². The molecule has 0 spiro atoms. The van der Waals surface area contributed by atoms with E-state index in [-0.39, 0.29) is 0 Å². The van der Waals surface area contributed by atoms with Crippen LogP contribution in [0.4, 0.5) is 0 Å². The van der Waals surface area contributed by atoms with Crippen LogP contribution in [0.1, 0.15) is 72.7 Å². The van der Waals surface area contributed by atoms with Crippen LogP contribution in [0.15, 0.2) is 17.1 Å². The fraction of sp³-hybridized carbons (Fsp3) is 0.562. The Balaban J connectivity index is -0.000000328. The van der Waals surface area contributed by atoms with Gasteiger partial charge in [0.1, 0.15) is 5.69 Å². The van der Waals surface area contributed by atoms with Gasteiger partial charge in [-0.15, -0.1) is 0 Å². The summed E-state index contributed by atoms with van der Waals surface area (Å²) < 4.78 is 5.32. The maximum absolute atomic E-state index is 5.32. The highest BCUT2D eigenvalue weighted by Crippen LogP contribution is 2.19. The largest absolute Gasteiger partial charge is 0.441 e. The zero-order valence-corrected chi connectivity index (χ0v) is 13.7. The van der Waals surface area contributed by atoms with E-state index >= 15 is 0 Å². The van der Waals surface area contributed by atoms with Crippen LogP contribution >= 0.6 is 0 Å². The van der Waals surface area contributed by atoms with Crippen molar-refractivity contribution in [1.82, 2.24) is 4.98 Å². The summed E-state index contributed by atoms with van der Waals surface area (Å²) in [4.78, 5) is 4.25. The summed E-state index contributed by atoms with van der Waals surface area (Å²) in [5, 5.41) is 0. The maximum atomic E-state index is 5.32. The smallest absolute Gasteiger partial charge is 0.192 e. The lowest BCUT2D eigenvalue weighted by atomic mass is 10.2. The summed E-state index contributed by atoms with van der Waals surface area (Å²) in [6, 6.07) is 0. The fourth-order valence-electron chi connectivity index (χ4n) is 1.00. The maximum Gasteiger partial charge on any atom is 0.192 e. The summed E-state index contributed by atoms with van der Waals surface area (Å²) in [6.07, 6.45) is 3.69. The van der Waals surface area contributed by atoms with Gasteiger partial charge in [0.15, 0.2) is 11.7 Å². The quantitative estimate of drug-likeness (QED) is 0.633. The Bertz CT molecular complexity index is 322. The molecule has 2 nitrogen and oxygen atoms in total. The van der Waals surface area contributed by atoms with Gasteiger partial charge in [0.05, 0.1) is 0 Å². The molecule has 0 aliphatic carbocycles. The van der Waals surface area contributed by atoms with Crippen LogP contribution in [0.2, 0.25) is 0 Å². The number of oxazole rings is 1. The minimum atomic E-state index is 0.682. The Morgan fingerprint density at radius 2 is 1.56 bits per heavy atom. The number of allylic oxidation sites excluding steroid dienone is 2. The van der Waals surface area contributed by atoms with E-state index in [0.29, 0.717) is 5.89 Å². The molecule has 2 heteroatoms. The number of aryl methyl sites for hydroxylation is 1. The first-order chi connectivity index (χ1) is 8.69. The zero-order valence-electron chi connectivity index (χ0n) is 13.7. The van der Waals surface area contributed by atoms with Gasteiger partial charge in [-0.1, -0.05) is 54.2 Å². The van der Waals surface area contributed by atoms with Crippen molar-refractivity contribution in [2.45, 2.75) is 62.3 Å². The van der Waals surface area contributed by atoms with Gasteiger partial charge < -0.3 is 4.42 Å². The van der Waals surface area contributed by atoms with Crippen molar-refractivity contribution < 1.29 is 4.42 Å². The summed E-state index contributed by atoms with van der Waals surface area (Å²) in [5.74, 6) is 1.43. The number of aromatic nitrogens is 1. The average Bonchev–Trinajstić information content (AvgIpc) is 2.85. The molecular formula is C16H31NO. The van der Waals surface area contributed by atoms with E-state index in [4.69, 9.17) is 4.42 Å². The molecule has 0 unspecified atom stereocenters. The molecule has 0 bridgehead atoms. The van der Waals surface area contributed by atoms with Crippen LogP contribution in [0.25, 0.3) is 11.6 Å². The standard InChI is InChI=1S/C10H13NO.3C2H6/c1-5-7(3)10-9(6-2)12-8(4)11-10;3*1-2/h5-6H,2H2,1,3-4H3;3*1-2H3/b7-5-;;;. The van der Waals surface area contributed by atoms with Crippen LogP contribution in [0, 0.1) is 6.92 Å². The van der Waals surface area contributed by atoms with E-state index in [9.17, 15) is 0 Å². The van der Waals surface area contributed by atoms with Gasteiger partial charge in [0, 0.05) is 6.92 Å². The second kappa shape index (κ2) is 15.7. The molecule has 18 heavy (non-hydrogen) atoms.